The maximum Gasteiger partial charge on any atom is 0.252 e. The average Bonchev–Trinajstić information content (AvgIpc) is 3.10. The second-order valence-corrected chi connectivity index (χ2v) is 7.55. The Morgan fingerprint density at radius 2 is 2.00 bits per heavy atom. The largest absolute Gasteiger partial charge is 0.375 e. The third-order valence-corrected chi connectivity index (χ3v) is 5.35. The van der Waals surface area contributed by atoms with Crippen LogP contribution >= 0.6 is 23.2 Å². The van der Waals surface area contributed by atoms with Gasteiger partial charge in [-0.3, -0.25) is 10.1 Å². The number of anilines is 2. The van der Waals surface area contributed by atoms with Gasteiger partial charge < -0.3 is 10.1 Å². The number of nitrogens with one attached hydrogen (secondary N) is 2. The molecule has 29 heavy (non-hydrogen) atoms. The summed E-state index contributed by atoms with van der Waals surface area (Å²) in [6.45, 7) is -0.0708. The first-order valence-corrected chi connectivity index (χ1v) is 9.82. The van der Waals surface area contributed by atoms with Crippen molar-refractivity contribution in [1.82, 2.24) is 14.8 Å². The first-order chi connectivity index (χ1) is 14.0. The number of aromatic nitrogens is 3. The van der Waals surface area contributed by atoms with Gasteiger partial charge in [-0.25, -0.2) is 4.68 Å². The van der Waals surface area contributed by atoms with E-state index in [0.717, 1.165) is 11.1 Å². The summed E-state index contributed by atoms with van der Waals surface area (Å²) in [5, 5.41) is 11.9. The van der Waals surface area contributed by atoms with Gasteiger partial charge in [-0.05, 0) is 35.7 Å². The molecular weight excluding hydrogens is 413 g/mol. The minimum atomic E-state index is -0.320. The number of fused-ring (bicyclic) bond motifs is 1. The van der Waals surface area contributed by atoms with Crippen molar-refractivity contribution < 1.29 is 9.53 Å². The van der Waals surface area contributed by atoms with E-state index in [4.69, 9.17) is 27.9 Å². The highest BCUT2D eigenvalue weighted by Crippen LogP contribution is 2.40. The number of benzene rings is 2. The molecule has 150 valence electrons. The second kappa shape index (κ2) is 8.41. The van der Waals surface area contributed by atoms with E-state index in [2.05, 4.69) is 20.7 Å². The topological polar surface area (TPSA) is 81.1 Å². The van der Waals surface area contributed by atoms with Gasteiger partial charge in [0.1, 0.15) is 6.61 Å². The molecule has 0 fully saturated rings. The van der Waals surface area contributed by atoms with Crippen LogP contribution in [0.1, 0.15) is 29.6 Å². The van der Waals surface area contributed by atoms with Crippen LogP contribution in [-0.2, 0) is 9.53 Å². The zero-order valence-electron chi connectivity index (χ0n) is 15.6. The highest BCUT2D eigenvalue weighted by atomic mass is 35.5. The fourth-order valence-electron chi connectivity index (χ4n) is 3.44. The average molecular weight is 432 g/mol. The summed E-state index contributed by atoms with van der Waals surface area (Å²) in [5.41, 5.74) is 2.02. The Morgan fingerprint density at radius 3 is 2.72 bits per heavy atom. The molecule has 0 spiro atoms. The summed E-state index contributed by atoms with van der Waals surface area (Å²) in [6, 6.07) is 15.2. The van der Waals surface area contributed by atoms with Crippen LogP contribution in [-0.4, -0.2) is 34.4 Å². The molecule has 0 saturated carbocycles. The molecule has 2 aromatic carbocycles. The highest BCUT2D eigenvalue weighted by Gasteiger charge is 2.32. The summed E-state index contributed by atoms with van der Waals surface area (Å²) in [5.74, 6) is 0.441. The lowest BCUT2D eigenvalue weighted by Gasteiger charge is -2.32. The van der Waals surface area contributed by atoms with Crippen molar-refractivity contribution in [1.29, 1.82) is 0 Å². The molecule has 1 aromatic heterocycles. The monoisotopic (exact) mass is 431 g/mol. The molecule has 2 N–H and O–H groups in total. The zero-order valence-corrected chi connectivity index (χ0v) is 17.1. The molecule has 0 radical (unpaired) electrons. The van der Waals surface area contributed by atoms with Crippen molar-refractivity contribution in [2.75, 3.05) is 24.4 Å². The van der Waals surface area contributed by atoms with Crippen LogP contribution in [0.3, 0.4) is 0 Å². The Labute approximate surface area is 178 Å². The van der Waals surface area contributed by atoms with Gasteiger partial charge in [-0.1, -0.05) is 53.5 Å². The summed E-state index contributed by atoms with van der Waals surface area (Å²) in [4.78, 5) is 16.3. The number of hydrogen-bond acceptors (Lipinski definition) is 5. The van der Waals surface area contributed by atoms with E-state index in [0.29, 0.717) is 22.4 Å². The van der Waals surface area contributed by atoms with Crippen molar-refractivity contribution in [2.45, 2.75) is 18.5 Å². The van der Waals surface area contributed by atoms with Gasteiger partial charge in [0.25, 0.3) is 11.9 Å². The predicted octanol–water partition coefficient (Wildman–Crippen LogP) is 4.32. The smallest absolute Gasteiger partial charge is 0.252 e. The standard InChI is InChI=1S/C20H19Cl2N5O2/c1-29-11-18(28)24-19-25-20-23-16(12-6-8-13(21)9-7-12)10-17(27(20)26-19)14-4-2-3-5-15(14)22/h2-9,16-17H,10-11H2,1H3,(H2,23,24,25,26,28)/t16-,17+/m1/s1. The number of halogens is 2. The van der Waals surface area contributed by atoms with E-state index in [1.807, 2.05) is 48.5 Å². The number of carbonyl (C=O) groups excluding carboxylic acids is 1. The number of amides is 1. The quantitative estimate of drug-likeness (QED) is 0.628. The van der Waals surface area contributed by atoms with E-state index in [-0.39, 0.29) is 30.5 Å². The highest BCUT2D eigenvalue weighted by molar-refractivity contribution is 6.31. The molecule has 4 rings (SSSR count). The number of carbonyl (C=O) groups is 1. The Hall–Kier alpha value is -2.61. The SMILES string of the molecule is COCC(=O)Nc1nc2n(n1)[C@H](c1ccccc1Cl)C[C@H](c1ccc(Cl)cc1)N2. The van der Waals surface area contributed by atoms with Gasteiger partial charge in [0.2, 0.25) is 5.95 Å². The van der Waals surface area contributed by atoms with Gasteiger partial charge in [-0.2, -0.15) is 4.98 Å². The molecule has 9 heteroatoms. The van der Waals surface area contributed by atoms with Crippen molar-refractivity contribution in [3.05, 3.63) is 69.7 Å². The van der Waals surface area contributed by atoms with Crippen molar-refractivity contribution in [3.63, 3.8) is 0 Å². The first-order valence-electron chi connectivity index (χ1n) is 9.07. The molecule has 1 aliphatic heterocycles. The minimum Gasteiger partial charge on any atom is -0.375 e. The number of methoxy groups -OCH3 is 1. The Balaban J connectivity index is 1.72. The fourth-order valence-corrected chi connectivity index (χ4v) is 3.83. The van der Waals surface area contributed by atoms with Gasteiger partial charge in [0, 0.05) is 17.2 Å². The predicted molar refractivity (Wildman–Crippen MR) is 113 cm³/mol. The van der Waals surface area contributed by atoms with E-state index in [9.17, 15) is 4.79 Å². The fraction of sp³-hybridized carbons (Fsp3) is 0.250. The summed E-state index contributed by atoms with van der Waals surface area (Å²) < 4.78 is 6.61. The normalized spacial score (nSPS) is 18.0. The lowest BCUT2D eigenvalue weighted by molar-refractivity contribution is -0.119. The van der Waals surface area contributed by atoms with Crippen molar-refractivity contribution >= 4 is 41.0 Å². The Kier molecular flexibility index (Phi) is 5.71. The van der Waals surface area contributed by atoms with Crippen LogP contribution < -0.4 is 10.6 Å². The summed E-state index contributed by atoms with van der Waals surface area (Å²) >= 11 is 12.5. The number of nitrogens with zero attached hydrogens (tertiary/aromatic N) is 3. The lowest BCUT2D eigenvalue weighted by atomic mass is 9.93. The Bertz CT molecular complexity index is 1020. The zero-order chi connectivity index (χ0) is 20.4. The molecule has 0 bridgehead atoms. The molecule has 0 unspecified atom stereocenters. The number of ether oxygens (including phenoxy) is 1. The van der Waals surface area contributed by atoms with E-state index in [1.54, 1.807) is 4.68 Å². The van der Waals surface area contributed by atoms with Gasteiger partial charge >= 0.3 is 0 Å². The van der Waals surface area contributed by atoms with E-state index < -0.39 is 0 Å². The number of rotatable bonds is 5. The van der Waals surface area contributed by atoms with E-state index in [1.165, 1.54) is 7.11 Å². The third-order valence-electron chi connectivity index (χ3n) is 4.75. The molecule has 7 nitrogen and oxygen atoms in total. The third kappa shape index (κ3) is 4.22. The van der Waals surface area contributed by atoms with Crippen LogP contribution in [0.2, 0.25) is 10.0 Å². The second-order valence-electron chi connectivity index (χ2n) is 6.71. The molecule has 1 amide bonds. The Morgan fingerprint density at radius 1 is 1.24 bits per heavy atom. The van der Waals surface area contributed by atoms with Crippen molar-refractivity contribution in [3.8, 4) is 0 Å². The molecule has 1 aliphatic rings. The molecule has 0 saturated heterocycles. The van der Waals surface area contributed by atoms with E-state index >= 15 is 0 Å². The van der Waals surface area contributed by atoms with Crippen LogP contribution in [0, 0.1) is 0 Å². The molecular formula is C20H19Cl2N5O2. The van der Waals surface area contributed by atoms with Gasteiger partial charge in [0.15, 0.2) is 0 Å². The van der Waals surface area contributed by atoms with Crippen LogP contribution in [0.4, 0.5) is 11.9 Å². The summed E-state index contributed by atoms with van der Waals surface area (Å²) in [7, 11) is 1.46. The lowest BCUT2D eigenvalue weighted by Crippen LogP contribution is -2.28. The summed E-state index contributed by atoms with van der Waals surface area (Å²) in [6.07, 6.45) is 0.702. The molecule has 0 aliphatic carbocycles. The van der Waals surface area contributed by atoms with Crippen molar-refractivity contribution in [2.24, 2.45) is 0 Å². The minimum absolute atomic E-state index is 0.0206. The molecule has 3 aromatic rings. The van der Waals surface area contributed by atoms with Gasteiger partial charge in [-0.15, -0.1) is 5.10 Å². The number of hydrogen-bond donors (Lipinski definition) is 2. The van der Waals surface area contributed by atoms with Crippen LogP contribution in [0.5, 0.6) is 0 Å². The van der Waals surface area contributed by atoms with Gasteiger partial charge in [0.05, 0.1) is 12.1 Å². The first kappa shape index (κ1) is 19.7. The molecule has 2 heterocycles. The van der Waals surface area contributed by atoms with Crippen LogP contribution in [0.15, 0.2) is 48.5 Å². The maximum absolute atomic E-state index is 11.9. The maximum atomic E-state index is 11.9. The molecule has 2 atom stereocenters. The van der Waals surface area contributed by atoms with Crippen LogP contribution in [0.25, 0.3) is 0 Å².